The number of aromatic nitrogens is 5. The maximum atomic E-state index is 4.35. The number of rotatable bonds is 4. The Bertz CT molecular complexity index is 676. The molecule has 0 atom stereocenters. The molecule has 0 saturated carbocycles. The van der Waals surface area contributed by atoms with Gasteiger partial charge in [-0.25, -0.2) is 15.0 Å². The maximum Gasteiger partial charge on any atom is 0.170 e. The van der Waals surface area contributed by atoms with Crippen molar-refractivity contribution in [3.8, 4) is 5.82 Å². The molecule has 0 saturated heterocycles. The standard InChI is InChI=1S/C13H14N6/c1-2-6-15-12-10-8-18-19(13(10)17-9-16-12)11-5-3-4-7-14-11/h3-5,7-9H,2,6H2,1H3,(H,15,16,17). The summed E-state index contributed by atoms with van der Waals surface area (Å²) in [6, 6.07) is 5.69. The lowest BCUT2D eigenvalue weighted by Crippen LogP contribution is -2.04. The Balaban J connectivity index is 2.09. The summed E-state index contributed by atoms with van der Waals surface area (Å²) >= 11 is 0. The van der Waals surface area contributed by atoms with Gasteiger partial charge in [-0.1, -0.05) is 13.0 Å². The van der Waals surface area contributed by atoms with Gasteiger partial charge in [0.15, 0.2) is 11.5 Å². The zero-order valence-electron chi connectivity index (χ0n) is 10.6. The van der Waals surface area contributed by atoms with Crippen molar-refractivity contribution >= 4 is 16.9 Å². The molecule has 19 heavy (non-hydrogen) atoms. The predicted octanol–water partition coefficient (Wildman–Crippen LogP) is 2.03. The van der Waals surface area contributed by atoms with Crippen molar-refractivity contribution in [3.05, 3.63) is 36.9 Å². The monoisotopic (exact) mass is 254 g/mol. The van der Waals surface area contributed by atoms with E-state index in [1.807, 2.05) is 18.2 Å². The summed E-state index contributed by atoms with van der Waals surface area (Å²) in [4.78, 5) is 12.8. The molecular formula is C13H14N6. The van der Waals surface area contributed by atoms with Crippen LogP contribution in [-0.4, -0.2) is 31.3 Å². The first-order valence-electron chi connectivity index (χ1n) is 6.24. The third-order valence-corrected chi connectivity index (χ3v) is 2.77. The van der Waals surface area contributed by atoms with Gasteiger partial charge in [-0.05, 0) is 18.6 Å². The number of hydrogen-bond donors (Lipinski definition) is 1. The molecule has 0 aliphatic rings. The number of hydrogen-bond acceptors (Lipinski definition) is 5. The summed E-state index contributed by atoms with van der Waals surface area (Å²) in [7, 11) is 0. The Morgan fingerprint density at radius 1 is 1.21 bits per heavy atom. The molecule has 3 aromatic rings. The number of pyridine rings is 1. The van der Waals surface area contributed by atoms with Crippen molar-refractivity contribution in [1.82, 2.24) is 24.7 Å². The van der Waals surface area contributed by atoms with Gasteiger partial charge in [-0.15, -0.1) is 0 Å². The van der Waals surface area contributed by atoms with E-state index in [-0.39, 0.29) is 0 Å². The minimum Gasteiger partial charge on any atom is -0.369 e. The molecule has 0 bridgehead atoms. The second-order valence-electron chi connectivity index (χ2n) is 4.13. The van der Waals surface area contributed by atoms with E-state index in [0.29, 0.717) is 0 Å². The summed E-state index contributed by atoms with van der Waals surface area (Å²) in [5.41, 5.74) is 0.757. The molecule has 3 aromatic heterocycles. The van der Waals surface area contributed by atoms with Gasteiger partial charge in [0.25, 0.3) is 0 Å². The van der Waals surface area contributed by atoms with Crippen molar-refractivity contribution < 1.29 is 0 Å². The third-order valence-electron chi connectivity index (χ3n) is 2.77. The smallest absolute Gasteiger partial charge is 0.170 e. The number of anilines is 1. The number of nitrogens with zero attached hydrogens (tertiary/aromatic N) is 5. The van der Waals surface area contributed by atoms with E-state index in [2.05, 4.69) is 32.3 Å². The first kappa shape index (κ1) is 11.6. The Kier molecular flexibility index (Phi) is 3.06. The van der Waals surface area contributed by atoms with Gasteiger partial charge in [0, 0.05) is 12.7 Å². The van der Waals surface area contributed by atoms with Crippen LogP contribution in [0, 0.1) is 0 Å². The van der Waals surface area contributed by atoms with Crippen molar-refractivity contribution in [2.45, 2.75) is 13.3 Å². The van der Waals surface area contributed by atoms with Crippen LogP contribution in [0.15, 0.2) is 36.9 Å². The van der Waals surface area contributed by atoms with E-state index in [4.69, 9.17) is 0 Å². The molecule has 0 fully saturated rings. The van der Waals surface area contributed by atoms with Crippen LogP contribution >= 0.6 is 0 Å². The second kappa shape index (κ2) is 5.01. The highest BCUT2D eigenvalue weighted by Gasteiger charge is 2.10. The van der Waals surface area contributed by atoms with E-state index in [0.717, 1.165) is 35.6 Å². The molecule has 0 amide bonds. The van der Waals surface area contributed by atoms with Gasteiger partial charge >= 0.3 is 0 Å². The quantitative estimate of drug-likeness (QED) is 0.771. The molecule has 1 N–H and O–H groups in total. The van der Waals surface area contributed by atoms with Gasteiger partial charge in [-0.2, -0.15) is 9.78 Å². The van der Waals surface area contributed by atoms with Crippen LogP contribution in [0.25, 0.3) is 16.9 Å². The Morgan fingerprint density at radius 2 is 2.16 bits per heavy atom. The molecule has 0 unspecified atom stereocenters. The highest BCUT2D eigenvalue weighted by atomic mass is 15.3. The first-order valence-corrected chi connectivity index (χ1v) is 6.24. The average molecular weight is 254 g/mol. The summed E-state index contributed by atoms with van der Waals surface area (Å²) in [5, 5.41) is 8.53. The second-order valence-corrected chi connectivity index (χ2v) is 4.13. The molecular weight excluding hydrogens is 240 g/mol. The third kappa shape index (κ3) is 2.12. The van der Waals surface area contributed by atoms with E-state index >= 15 is 0 Å². The van der Waals surface area contributed by atoms with E-state index in [1.165, 1.54) is 0 Å². The van der Waals surface area contributed by atoms with Crippen molar-refractivity contribution in [2.24, 2.45) is 0 Å². The fraction of sp³-hybridized carbons (Fsp3) is 0.231. The molecule has 6 nitrogen and oxygen atoms in total. The Labute approximate surface area is 110 Å². The van der Waals surface area contributed by atoms with Crippen molar-refractivity contribution in [3.63, 3.8) is 0 Å². The highest BCUT2D eigenvalue weighted by molar-refractivity contribution is 5.86. The fourth-order valence-corrected chi connectivity index (χ4v) is 1.88. The summed E-state index contributed by atoms with van der Waals surface area (Å²) < 4.78 is 1.72. The Morgan fingerprint density at radius 3 is 2.95 bits per heavy atom. The Hall–Kier alpha value is -2.50. The lowest BCUT2D eigenvalue weighted by atomic mass is 10.3. The summed E-state index contributed by atoms with van der Waals surface area (Å²) in [6.07, 6.45) is 6.09. The molecule has 0 radical (unpaired) electrons. The lowest BCUT2D eigenvalue weighted by Gasteiger charge is -2.04. The van der Waals surface area contributed by atoms with Crippen molar-refractivity contribution in [2.75, 3.05) is 11.9 Å². The summed E-state index contributed by atoms with van der Waals surface area (Å²) in [5.74, 6) is 1.56. The van der Waals surface area contributed by atoms with E-state index in [1.54, 1.807) is 23.4 Å². The first-order chi connectivity index (χ1) is 9.40. The van der Waals surface area contributed by atoms with Crippen LogP contribution < -0.4 is 5.32 Å². The normalized spacial score (nSPS) is 10.8. The highest BCUT2D eigenvalue weighted by Crippen LogP contribution is 2.20. The minimum absolute atomic E-state index is 0.748. The van der Waals surface area contributed by atoms with Crippen LogP contribution in [0.5, 0.6) is 0 Å². The number of fused-ring (bicyclic) bond motifs is 1. The van der Waals surface area contributed by atoms with Gasteiger partial charge < -0.3 is 5.32 Å². The predicted molar refractivity (Wildman–Crippen MR) is 73.2 cm³/mol. The van der Waals surface area contributed by atoms with Gasteiger partial charge in [0.1, 0.15) is 12.1 Å². The molecule has 0 aliphatic heterocycles. The molecule has 0 aromatic carbocycles. The lowest BCUT2D eigenvalue weighted by molar-refractivity contribution is 0.861. The van der Waals surface area contributed by atoms with Gasteiger partial charge in [0.2, 0.25) is 0 Å². The van der Waals surface area contributed by atoms with Crippen LogP contribution in [0.4, 0.5) is 5.82 Å². The molecule has 3 heterocycles. The van der Waals surface area contributed by atoms with Gasteiger partial charge in [-0.3, -0.25) is 0 Å². The van der Waals surface area contributed by atoms with Gasteiger partial charge in [0.05, 0.1) is 11.6 Å². The molecule has 3 rings (SSSR count). The van der Waals surface area contributed by atoms with Crippen molar-refractivity contribution in [1.29, 1.82) is 0 Å². The topological polar surface area (TPSA) is 68.5 Å². The van der Waals surface area contributed by atoms with Crippen LogP contribution in [0.2, 0.25) is 0 Å². The summed E-state index contributed by atoms with van der Waals surface area (Å²) in [6.45, 7) is 2.99. The zero-order chi connectivity index (χ0) is 13.1. The SMILES string of the molecule is CCCNc1ncnc2c1cnn2-c1ccccn1. The van der Waals surface area contributed by atoms with E-state index < -0.39 is 0 Å². The van der Waals surface area contributed by atoms with Crippen LogP contribution in [0.3, 0.4) is 0 Å². The average Bonchev–Trinajstić information content (AvgIpc) is 2.90. The largest absolute Gasteiger partial charge is 0.369 e. The van der Waals surface area contributed by atoms with Crippen LogP contribution in [-0.2, 0) is 0 Å². The maximum absolute atomic E-state index is 4.35. The van der Waals surface area contributed by atoms with Crippen LogP contribution in [0.1, 0.15) is 13.3 Å². The fourth-order valence-electron chi connectivity index (χ4n) is 1.88. The molecule has 0 aliphatic carbocycles. The molecule has 96 valence electrons. The van der Waals surface area contributed by atoms with E-state index in [9.17, 15) is 0 Å². The zero-order valence-corrected chi connectivity index (χ0v) is 10.6. The molecule has 0 spiro atoms. The number of nitrogens with one attached hydrogen (secondary N) is 1. The molecule has 6 heteroatoms. The minimum atomic E-state index is 0.748.